The number of rotatable bonds is 7. The lowest BCUT2D eigenvalue weighted by Crippen LogP contribution is -2.29. The number of nitrogens with one attached hydrogen (secondary N) is 2. The third kappa shape index (κ3) is 5.35. The first kappa shape index (κ1) is 24.4. The zero-order valence-corrected chi connectivity index (χ0v) is 20.5. The van der Waals surface area contributed by atoms with E-state index in [4.69, 9.17) is 27.9 Å². The van der Waals surface area contributed by atoms with Crippen LogP contribution in [0.15, 0.2) is 36.8 Å². The van der Waals surface area contributed by atoms with Gasteiger partial charge in [-0.25, -0.2) is 9.37 Å². The third-order valence-corrected chi connectivity index (χ3v) is 6.55. The first-order valence-electron chi connectivity index (χ1n) is 11.2. The Balaban J connectivity index is 1.66. The number of hydrogen-bond donors (Lipinski definition) is 2. The minimum absolute atomic E-state index is 0.105. The number of carbonyl (C=O) groups excluding carboxylic acids is 1. The van der Waals surface area contributed by atoms with Gasteiger partial charge in [-0.05, 0) is 51.1 Å². The second-order valence-electron chi connectivity index (χ2n) is 8.18. The summed E-state index contributed by atoms with van der Waals surface area (Å²) in [7, 11) is 0. The molecule has 0 bridgehead atoms. The van der Waals surface area contributed by atoms with Gasteiger partial charge in [0, 0.05) is 40.5 Å². The first-order valence-corrected chi connectivity index (χ1v) is 12.0. The molecule has 1 aliphatic heterocycles. The van der Waals surface area contributed by atoms with E-state index in [0.717, 1.165) is 37.1 Å². The van der Waals surface area contributed by atoms with E-state index in [1.807, 2.05) is 10.9 Å². The van der Waals surface area contributed by atoms with Crippen molar-refractivity contribution in [1.29, 1.82) is 0 Å². The number of anilines is 1. The van der Waals surface area contributed by atoms with Crippen LogP contribution in [0.2, 0.25) is 10.0 Å². The van der Waals surface area contributed by atoms with Crippen molar-refractivity contribution < 1.29 is 13.9 Å². The van der Waals surface area contributed by atoms with Crippen LogP contribution in [0.25, 0.3) is 11.1 Å². The molecule has 1 aliphatic rings. The average molecular weight is 506 g/mol. The van der Waals surface area contributed by atoms with Crippen molar-refractivity contribution >= 4 is 34.9 Å². The monoisotopic (exact) mass is 505 g/mol. The molecule has 3 aromatic rings. The number of pyridine rings is 1. The predicted molar refractivity (Wildman–Crippen MR) is 131 cm³/mol. The third-order valence-electron chi connectivity index (χ3n) is 5.84. The first-order chi connectivity index (χ1) is 16.4. The predicted octanol–water partition coefficient (Wildman–Crippen LogP) is 5.80. The van der Waals surface area contributed by atoms with Crippen LogP contribution < -0.4 is 15.4 Å². The number of amides is 1. The molecule has 0 radical (unpaired) electrons. The molecule has 180 valence electrons. The molecule has 0 unspecified atom stereocenters. The van der Waals surface area contributed by atoms with E-state index in [-0.39, 0.29) is 28.2 Å². The Labute approximate surface area is 207 Å². The molecule has 1 amide bonds. The second kappa shape index (κ2) is 10.7. The number of benzene rings is 1. The Morgan fingerprint density at radius 3 is 2.79 bits per heavy atom. The molecule has 3 heterocycles. The lowest BCUT2D eigenvalue weighted by Gasteiger charge is -2.22. The van der Waals surface area contributed by atoms with Crippen LogP contribution in [0, 0.1) is 5.82 Å². The summed E-state index contributed by atoms with van der Waals surface area (Å²) >= 11 is 12.5. The summed E-state index contributed by atoms with van der Waals surface area (Å²) in [6.45, 7) is 5.39. The summed E-state index contributed by atoms with van der Waals surface area (Å²) in [4.78, 5) is 16.5. The van der Waals surface area contributed by atoms with Crippen molar-refractivity contribution in [2.75, 3.05) is 18.4 Å². The number of halogens is 3. The highest BCUT2D eigenvalue weighted by Crippen LogP contribution is 2.37. The second-order valence-corrected chi connectivity index (χ2v) is 8.96. The summed E-state index contributed by atoms with van der Waals surface area (Å²) < 4.78 is 22.2. The van der Waals surface area contributed by atoms with Crippen LogP contribution in [-0.4, -0.2) is 33.8 Å². The lowest BCUT2D eigenvalue weighted by molar-refractivity contribution is -0.115. The molecule has 1 atom stereocenters. The highest BCUT2D eigenvalue weighted by Gasteiger charge is 2.22. The van der Waals surface area contributed by atoms with E-state index in [1.165, 1.54) is 12.1 Å². The maximum atomic E-state index is 14.1. The van der Waals surface area contributed by atoms with Gasteiger partial charge in [-0.1, -0.05) is 30.1 Å². The fourth-order valence-electron chi connectivity index (χ4n) is 3.93. The summed E-state index contributed by atoms with van der Waals surface area (Å²) in [5, 5.41) is 10.8. The van der Waals surface area contributed by atoms with Crippen molar-refractivity contribution in [3.8, 4) is 16.9 Å². The minimum atomic E-state index is -0.706. The van der Waals surface area contributed by atoms with Crippen LogP contribution in [-0.2, 0) is 4.79 Å². The van der Waals surface area contributed by atoms with Gasteiger partial charge in [-0.3, -0.25) is 9.48 Å². The van der Waals surface area contributed by atoms with E-state index in [9.17, 15) is 9.18 Å². The van der Waals surface area contributed by atoms with E-state index in [0.29, 0.717) is 17.4 Å². The molecule has 34 heavy (non-hydrogen) atoms. The average Bonchev–Trinajstić information content (AvgIpc) is 3.33. The van der Waals surface area contributed by atoms with Crippen molar-refractivity contribution in [2.24, 2.45) is 0 Å². The Kier molecular flexibility index (Phi) is 7.70. The Morgan fingerprint density at radius 2 is 2.06 bits per heavy atom. The maximum absolute atomic E-state index is 14.1. The summed E-state index contributed by atoms with van der Waals surface area (Å²) in [5.41, 5.74) is 1.97. The van der Waals surface area contributed by atoms with Gasteiger partial charge < -0.3 is 15.4 Å². The molecule has 1 aromatic carbocycles. The molecule has 4 rings (SSSR count). The van der Waals surface area contributed by atoms with Gasteiger partial charge in [-0.2, -0.15) is 5.10 Å². The van der Waals surface area contributed by atoms with Gasteiger partial charge in [0.15, 0.2) is 11.6 Å². The molecule has 7 nitrogen and oxygen atoms in total. The fourth-order valence-corrected chi connectivity index (χ4v) is 4.61. The molecular formula is C24H26Cl2FN5O2. The van der Waals surface area contributed by atoms with Gasteiger partial charge in [-0.15, -0.1) is 0 Å². The summed E-state index contributed by atoms with van der Waals surface area (Å²) in [6.07, 6.45) is 7.05. The van der Waals surface area contributed by atoms with Crippen molar-refractivity contribution in [2.45, 2.75) is 45.3 Å². The quantitative estimate of drug-likeness (QED) is 0.396. The molecule has 10 heteroatoms. The van der Waals surface area contributed by atoms with Crippen LogP contribution >= 0.6 is 23.2 Å². The van der Waals surface area contributed by atoms with Crippen LogP contribution in [0.1, 0.15) is 50.8 Å². The summed E-state index contributed by atoms with van der Waals surface area (Å²) in [5.74, 6) is -0.221. The Bertz CT molecular complexity index is 1180. The maximum Gasteiger partial charge on any atom is 0.225 e. The smallest absolute Gasteiger partial charge is 0.225 e. The number of ether oxygens (including phenoxy) is 1. The van der Waals surface area contributed by atoms with Gasteiger partial charge in [0.05, 0.1) is 17.3 Å². The molecule has 2 aromatic heterocycles. The molecule has 0 spiro atoms. The van der Waals surface area contributed by atoms with Gasteiger partial charge in [0.2, 0.25) is 5.91 Å². The van der Waals surface area contributed by atoms with E-state index >= 15 is 0 Å². The van der Waals surface area contributed by atoms with Crippen molar-refractivity contribution in [1.82, 2.24) is 20.1 Å². The van der Waals surface area contributed by atoms with Crippen LogP contribution in [0.3, 0.4) is 0 Å². The van der Waals surface area contributed by atoms with Gasteiger partial charge in [0.25, 0.3) is 0 Å². The lowest BCUT2D eigenvalue weighted by atomic mass is 10.1. The zero-order valence-electron chi connectivity index (χ0n) is 18.9. The largest absolute Gasteiger partial charge is 0.482 e. The number of carbonyl (C=O) groups is 1. The normalized spacial score (nSPS) is 15.2. The van der Waals surface area contributed by atoms with E-state index < -0.39 is 11.9 Å². The molecule has 2 N–H and O–H groups in total. The zero-order chi connectivity index (χ0) is 24.2. The standard InChI is InChI=1S/C24H26Cl2FN5O2/c1-3-21(33)31-24-20(34-14(2)22-18(25)4-5-19(27)23(22)26)10-15(11-29-24)16-12-30-32(13-16)17-6-8-28-9-7-17/h4-5,10-14,17,28H,3,6-9H2,1-2H3,(H,29,31,33)/t14-/m1/s1. The van der Waals surface area contributed by atoms with E-state index in [2.05, 4.69) is 20.7 Å². The number of nitrogens with zero attached hydrogens (tertiary/aromatic N) is 3. The van der Waals surface area contributed by atoms with Gasteiger partial charge in [0.1, 0.15) is 11.9 Å². The van der Waals surface area contributed by atoms with Crippen LogP contribution in [0.4, 0.5) is 10.2 Å². The highest BCUT2D eigenvalue weighted by atomic mass is 35.5. The van der Waals surface area contributed by atoms with Crippen molar-refractivity contribution in [3.63, 3.8) is 0 Å². The number of hydrogen-bond acceptors (Lipinski definition) is 5. The fraction of sp³-hybridized carbons (Fsp3) is 0.375. The summed E-state index contributed by atoms with van der Waals surface area (Å²) in [6, 6.07) is 4.76. The topological polar surface area (TPSA) is 81.1 Å². The molecular weight excluding hydrogens is 480 g/mol. The SMILES string of the molecule is CCC(=O)Nc1ncc(-c2cnn(C3CCNCC3)c2)cc1O[C@H](C)c1c(Cl)ccc(F)c1Cl. The van der Waals surface area contributed by atoms with Crippen LogP contribution in [0.5, 0.6) is 5.75 Å². The molecule has 0 saturated carbocycles. The molecule has 0 aliphatic carbocycles. The molecule has 1 saturated heterocycles. The number of piperidine rings is 1. The molecule has 1 fully saturated rings. The number of aromatic nitrogens is 3. The van der Waals surface area contributed by atoms with Crippen molar-refractivity contribution in [3.05, 3.63) is 58.2 Å². The minimum Gasteiger partial charge on any atom is -0.482 e. The highest BCUT2D eigenvalue weighted by molar-refractivity contribution is 6.36. The Hall–Kier alpha value is -2.68. The Morgan fingerprint density at radius 1 is 1.29 bits per heavy atom. The van der Waals surface area contributed by atoms with Gasteiger partial charge >= 0.3 is 0 Å². The van der Waals surface area contributed by atoms with E-state index in [1.54, 1.807) is 32.3 Å².